The van der Waals surface area contributed by atoms with Crippen LogP contribution < -0.4 is 0 Å². The fourth-order valence-electron chi connectivity index (χ4n) is 10.1. The van der Waals surface area contributed by atoms with Crippen molar-refractivity contribution in [2.24, 2.45) is 46.3 Å². The molecule has 5 aliphatic rings. The van der Waals surface area contributed by atoms with Gasteiger partial charge in [-0.2, -0.15) is 0 Å². The lowest BCUT2D eigenvalue weighted by atomic mass is 9.44. The number of carbonyl (C=O) groups excluding carboxylic acids is 2. The van der Waals surface area contributed by atoms with Crippen molar-refractivity contribution in [2.75, 3.05) is 13.1 Å². The molecule has 0 aromatic rings. The highest BCUT2D eigenvalue weighted by molar-refractivity contribution is 7.86. The lowest BCUT2D eigenvalue weighted by Gasteiger charge is -2.60. The van der Waals surface area contributed by atoms with Gasteiger partial charge < -0.3 is 9.45 Å². The molecule has 1 amide bonds. The summed E-state index contributed by atoms with van der Waals surface area (Å²) < 4.78 is 34.4. The van der Waals surface area contributed by atoms with Crippen molar-refractivity contribution in [3.8, 4) is 0 Å². The molecule has 0 aromatic carbocycles. The van der Waals surface area contributed by atoms with Crippen LogP contribution in [-0.4, -0.2) is 47.9 Å². The van der Waals surface area contributed by atoms with E-state index < -0.39 is 15.4 Å². The number of piperidine rings is 1. The van der Waals surface area contributed by atoms with Crippen LogP contribution in [0.3, 0.4) is 0 Å². The zero-order chi connectivity index (χ0) is 25.9. The van der Waals surface area contributed by atoms with Crippen LogP contribution >= 0.6 is 0 Å². The minimum Gasteiger partial charge on any atom is -0.748 e. The topological polar surface area (TPSA) is 94.6 Å². The number of likely N-dealkylation sites (tertiary alicyclic amines) is 1. The van der Waals surface area contributed by atoms with Crippen LogP contribution in [0.15, 0.2) is 0 Å². The van der Waals surface area contributed by atoms with E-state index in [0.29, 0.717) is 60.2 Å². The van der Waals surface area contributed by atoms with Crippen molar-refractivity contribution < 1.29 is 22.6 Å². The number of amides is 1. The average molecular weight is 521 g/mol. The Morgan fingerprint density at radius 1 is 1.06 bits per heavy atom. The van der Waals surface area contributed by atoms with Gasteiger partial charge in [0.05, 0.1) is 15.4 Å². The summed E-state index contributed by atoms with van der Waals surface area (Å²) in [7, 11) is -4.34. The molecule has 0 radical (unpaired) electrons. The number of rotatable bonds is 5. The number of nitrogens with zero attached hydrogens (tertiary/aromatic N) is 1. The highest BCUT2D eigenvalue weighted by Crippen LogP contribution is 2.68. The summed E-state index contributed by atoms with van der Waals surface area (Å²) in [6.45, 7) is 8.00. The van der Waals surface area contributed by atoms with Crippen LogP contribution in [0, 0.1) is 46.3 Å². The Labute approximate surface area is 218 Å². The zero-order valence-corrected chi connectivity index (χ0v) is 23.4. The summed E-state index contributed by atoms with van der Waals surface area (Å²) in [6.07, 6.45) is 12.6. The molecule has 5 rings (SSSR count). The summed E-state index contributed by atoms with van der Waals surface area (Å²) in [5.74, 6) is 4.50. The standard InChI is InChI=1S/C29H47NO5S/c1-19(6-11-27(32)30-16-4-5-22(18-30)36(33,34)35)24-9-10-25-23-8-7-20-17-21(31)12-14-28(20,2)26(23)13-15-29(24,25)3/h19-20,22-26H,4-18H2,1-3H3,(H,33,34,35)/p-1/t19-,20-,22-,23+,24-,25+,26+,28+,29-/m1/s1. The predicted molar refractivity (Wildman–Crippen MR) is 138 cm³/mol. The zero-order valence-electron chi connectivity index (χ0n) is 22.5. The molecule has 7 heteroatoms. The highest BCUT2D eigenvalue weighted by Gasteiger charge is 2.60. The Morgan fingerprint density at radius 3 is 2.56 bits per heavy atom. The lowest BCUT2D eigenvalue weighted by molar-refractivity contribution is -0.140. The molecule has 0 spiro atoms. The van der Waals surface area contributed by atoms with Gasteiger partial charge in [0.2, 0.25) is 5.91 Å². The van der Waals surface area contributed by atoms with Crippen molar-refractivity contribution in [1.29, 1.82) is 0 Å². The Hall–Kier alpha value is -0.950. The van der Waals surface area contributed by atoms with Crippen LogP contribution in [0.4, 0.5) is 0 Å². The molecule has 1 saturated heterocycles. The van der Waals surface area contributed by atoms with Crippen LogP contribution in [0.1, 0.15) is 104 Å². The molecule has 4 aliphatic carbocycles. The number of fused-ring (bicyclic) bond motifs is 5. The molecule has 6 nitrogen and oxygen atoms in total. The number of hydrogen-bond donors (Lipinski definition) is 0. The molecule has 36 heavy (non-hydrogen) atoms. The van der Waals surface area contributed by atoms with E-state index in [1.165, 1.54) is 38.5 Å². The van der Waals surface area contributed by atoms with Gasteiger partial charge in [-0.25, -0.2) is 8.42 Å². The Morgan fingerprint density at radius 2 is 1.81 bits per heavy atom. The predicted octanol–water partition coefficient (Wildman–Crippen LogP) is 5.17. The van der Waals surface area contributed by atoms with Gasteiger partial charge in [0.25, 0.3) is 0 Å². The molecule has 9 atom stereocenters. The van der Waals surface area contributed by atoms with Crippen LogP contribution in [0.5, 0.6) is 0 Å². The normalized spacial score (nSPS) is 43.9. The van der Waals surface area contributed by atoms with Gasteiger partial charge in [0.1, 0.15) is 5.78 Å². The van der Waals surface area contributed by atoms with Crippen LogP contribution in [0.2, 0.25) is 0 Å². The molecule has 204 valence electrons. The lowest BCUT2D eigenvalue weighted by Crippen LogP contribution is -2.53. The monoisotopic (exact) mass is 520 g/mol. The van der Waals surface area contributed by atoms with Gasteiger partial charge in [-0.1, -0.05) is 20.8 Å². The van der Waals surface area contributed by atoms with Gasteiger partial charge in [0.15, 0.2) is 0 Å². The quantitative estimate of drug-likeness (QED) is 0.466. The Balaban J connectivity index is 1.21. The summed E-state index contributed by atoms with van der Waals surface area (Å²) in [4.78, 5) is 26.7. The third-order valence-corrected chi connectivity index (χ3v) is 13.4. The third-order valence-electron chi connectivity index (χ3n) is 12.2. The van der Waals surface area contributed by atoms with E-state index in [0.717, 1.165) is 43.4 Å². The molecule has 1 aliphatic heterocycles. The van der Waals surface area contributed by atoms with Gasteiger partial charge in [0, 0.05) is 32.4 Å². The second-order valence-electron chi connectivity index (χ2n) is 13.7. The van der Waals surface area contributed by atoms with E-state index in [1.807, 2.05) is 0 Å². The van der Waals surface area contributed by atoms with Crippen molar-refractivity contribution in [3.05, 3.63) is 0 Å². The van der Waals surface area contributed by atoms with Gasteiger partial charge >= 0.3 is 0 Å². The minimum atomic E-state index is -4.34. The van der Waals surface area contributed by atoms with Crippen LogP contribution in [0.25, 0.3) is 0 Å². The Kier molecular flexibility index (Phi) is 7.15. The minimum absolute atomic E-state index is 0.0108. The number of ketones is 1. The fraction of sp³-hybridized carbons (Fsp3) is 0.931. The second-order valence-corrected chi connectivity index (χ2v) is 15.4. The molecule has 0 bridgehead atoms. The van der Waals surface area contributed by atoms with Crippen molar-refractivity contribution in [3.63, 3.8) is 0 Å². The van der Waals surface area contributed by atoms with E-state index in [2.05, 4.69) is 20.8 Å². The average Bonchev–Trinajstić information content (AvgIpc) is 3.19. The van der Waals surface area contributed by atoms with E-state index in [4.69, 9.17) is 0 Å². The first-order chi connectivity index (χ1) is 16.9. The van der Waals surface area contributed by atoms with Gasteiger partial charge in [-0.3, -0.25) is 9.59 Å². The maximum Gasteiger partial charge on any atom is 0.222 e. The second kappa shape index (κ2) is 9.66. The van der Waals surface area contributed by atoms with Crippen LogP contribution in [-0.2, 0) is 19.7 Å². The first-order valence-electron chi connectivity index (χ1n) is 14.7. The molecular formula is C29H46NO5S-. The van der Waals surface area contributed by atoms with Crippen molar-refractivity contribution in [2.45, 2.75) is 109 Å². The van der Waals surface area contributed by atoms with Gasteiger partial charge in [-0.05, 0) is 111 Å². The van der Waals surface area contributed by atoms with Gasteiger partial charge in [-0.15, -0.1) is 0 Å². The number of hydrogen-bond acceptors (Lipinski definition) is 5. The van der Waals surface area contributed by atoms with E-state index in [9.17, 15) is 22.6 Å². The SMILES string of the molecule is C[C@H](CCC(=O)N1CCC[C@@H](S(=O)(=O)[O-])C1)[C@H]1CC[C@H]2[C@@H]3CC[C@@H]4CC(=O)CC[C@]4(C)[C@H]3CC[C@]12C. The molecule has 4 saturated carbocycles. The van der Waals surface area contributed by atoms with Crippen molar-refractivity contribution >= 4 is 21.8 Å². The summed E-state index contributed by atoms with van der Waals surface area (Å²) >= 11 is 0. The highest BCUT2D eigenvalue weighted by atomic mass is 32.2. The van der Waals surface area contributed by atoms with E-state index >= 15 is 0 Å². The molecule has 0 N–H and O–H groups in total. The first kappa shape index (κ1) is 26.6. The van der Waals surface area contributed by atoms with Crippen molar-refractivity contribution in [1.82, 2.24) is 4.90 Å². The summed E-state index contributed by atoms with van der Waals surface area (Å²) in [5.41, 5.74) is 0.683. The maximum atomic E-state index is 12.9. The first-order valence-corrected chi connectivity index (χ1v) is 16.1. The molecule has 1 heterocycles. The van der Waals surface area contributed by atoms with E-state index in [1.54, 1.807) is 4.90 Å². The molecule has 5 fully saturated rings. The summed E-state index contributed by atoms with van der Waals surface area (Å²) in [6, 6.07) is 0. The molecule has 0 unspecified atom stereocenters. The molecule has 0 aromatic heterocycles. The third kappa shape index (κ3) is 4.58. The largest absolute Gasteiger partial charge is 0.748 e. The van der Waals surface area contributed by atoms with E-state index in [-0.39, 0.29) is 12.5 Å². The Bertz CT molecular complexity index is 980. The number of Topliss-reactive ketones (excluding diaryl/α,β-unsaturated/α-hetero) is 1. The maximum absolute atomic E-state index is 12.9. The smallest absolute Gasteiger partial charge is 0.222 e. The number of carbonyl (C=O) groups is 2. The summed E-state index contributed by atoms with van der Waals surface area (Å²) in [5, 5.41) is -0.948. The molecular weight excluding hydrogens is 474 g/mol. The fourth-order valence-corrected chi connectivity index (χ4v) is 10.9.